The molecule has 0 radical (unpaired) electrons. The van der Waals surface area contributed by atoms with Gasteiger partial charge in [-0.3, -0.25) is 9.59 Å². The Bertz CT molecular complexity index is 846. The maximum Gasteiger partial charge on any atom is 0.259 e. The SMILES string of the molecule is COc1ccc(Cl)cc1C(=O)N1CCC(F)(C(=O)NCc2ccccc2)C1. The summed E-state index contributed by atoms with van der Waals surface area (Å²) < 4.78 is 20.3. The quantitative estimate of drug-likeness (QED) is 0.852. The van der Waals surface area contributed by atoms with Gasteiger partial charge in [0.15, 0.2) is 0 Å². The second kappa shape index (κ2) is 7.96. The van der Waals surface area contributed by atoms with Gasteiger partial charge in [0.2, 0.25) is 5.67 Å². The number of methoxy groups -OCH3 is 1. The Balaban J connectivity index is 1.67. The number of benzene rings is 2. The fourth-order valence-electron chi connectivity index (χ4n) is 3.09. The van der Waals surface area contributed by atoms with Crippen LogP contribution in [0.3, 0.4) is 0 Å². The molecule has 142 valence electrons. The second-order valence-corrected chi connectivity index (χ2v) is 6.89. The van der Waals surface area contributed by atoms with E-state index in [0.717, 1.165) is 5.56 Å². The molecular formula is C20H20ClFN2O3. The Morgan fingerprint density at radius 1 is 1.26 bits per heavy atom. The lowest BCUT2D eigenvalue weighted by Crippen LogP contribution is -2.45. The number of likely N-dealkylation sites (tertiary alicyclic amines) is 1. The first-order valence-corrected chi connectivity index (χ1v) is 8.95. The monoisotopic (exact) mass is 390 g/mol. The first-order chi connectivity index (χ1) is 12.9. The molecule has 1 aliphatic heterocycles. The van der Waals surface area contributed by atoms with E-state index in [4.69, 9.17) is 16.3 Å². The van der Waals surface area contributed by atoms with E-state index in [1.165, 1.54) is 18.1 Å². The molecule has 1 unspecified atom stereocenters. The van der Waals surface area contributed by atoms with Crippen LogP contribution in [-0.2, 0) is 11.3 Å². The van der Waals surface area contributed by atoms with Gasteiger partial charge in [0.05, 0.1) is 19.2 Å². The van der Waals surface area contributed by atoms with Crippen molar-refractivity contribution in [3.63, 3.8) is 0 Å². The van der Waals surface area contributed by atoms with Crippen molar-refractivity contribution in [3.8, 4) is 5.75 Å². The topological polar surface area (TPSA) is 58.6 Å². The van der Waals surface area contributed by atoms with Gasteiger partial charge in [0, 0.05) is 24.5 Å². The number of carbonyl (C=O) groups excluding carboxylic acids is 2. The van der Waals surface area contributed by atoms with Gasteiger partial charge >= 0.3 is 0 Å². The molecule has 0 aromatic heterocycles. The number of amides is 2. The molecule has 2 amide bonds. The van der Waals surface area contributed by atoms with Crippen molar-refractivity contribution in [1.29, 1.82) is 0 Å². The average molecular weight is 391 g/mol. The van der Waals surface area contributed by atoms with E-state index >= 15 is 4.39 Å². The minimum absolute atomic E-state index is 0.0533. The summed E-state index contributed by atoms with van der Waals surface area (Å²) in [4.78, 5) is 26.4. The molecule has 7 heteroatoms. The standard InChI is InChI=1S/C20H20ClFN2O3/c1-27-17-8-7-15(21)11-16(17)18(25)24-10-9-20(22,13-24)19(26)23-12-14-5-3-2-4-6-14/h2-8,11H,9-10,12-13H2,1H3,(H,23,26). The Morgan fingerprint density at radius 3 is 2.70 bits per heavy atom. The van der Waals surface area contributed by atoms with Gasteiger partial charge in [-0.1, -0.05) is 41.9 Å². The van der Waals surface area contributed by atoms with Crippen molar-refractivity contribution < 1.29 is 18.7 Å². The summed E-state index contributed by atoms with van der Waals surface area (Å²) in [5.41, 5.74) is -0.987. The zero-order chi connectivity index (χ0) is 19.4. The molecule has 0 saturated carbocycles. The van der Waals surface area contributed by atoms with Crippen LogP contribution in [0.5, 0.6) is 5.75 Å². The van der Waals surface area contributed by atoms with Crippen molar-refractivity contribution >= 4 is 23.4 Å². The predicted octanol–water partition coefficient (Wildman–Crippen LogP) is 3.22. The lowest BCUT2D eigenvalue weighted by Gasteiger charge is -2.21. The van der Waals surface area contributed by atoms with Gasteiger partial charge in [-0.25, -0.2) is 4.39 Å². The largest absolute Gasteiger partial charge is 0.496 e. The van der Waals surface area contributed by atoms with Crippen LogP contribution < -0.4 is 10.1 Å². The van der Waals surface area contributed by atoms with Crippen LogP contribution in [-0.4, -0.2) is 42.6 Å². The number of hydrogen-bond donors (Lipinski definition) is 1. The Labute approximate surface area is 162 Å². The first kappa shape index (κ1) is 19.2. The highest BCUT2D eigenvalue weighted by Crippen LogP contribution is 2.30. The Morgan fingerprint density at radius 2 is 2.00 bits per heavy atom. The van der Waals surface area contributed by atoms with Crippen molar-refractivity contribution in [3.05, 3.63) is 64.7 Å². The number of alkyl halides is 1. The minimum atomic E-state index is -2.11. The molecule has 1 N–H and O–H groups in total. The summed E-state index contributed by atoms with van der Waals surface area (Å²) in [5, 5.41) is 2.99. The van der Waals surface area contributed by atoms with Gasteiger partial charge in [-0.2, -0.15) is 0 Å². The minimum Gasteiger partial charge on any atom is -0.496 e. The third-order valence-electron chi connectivity index (χ3n) is 4.60. The third-order valence-corrected chi connectivity index (χ3v) is 4.84. The Kier molecular flexibility index (Phi) is 5.65. The van der Waals surface area contributed by atoms with Crippen LogP contribution in [0.25, 0.3) is 0 Å². The number of nitrogens with zero attached hydrogens (tertiary/aromatic N) is 1. The fraction of sp³-hybridized carbons (Fsp3) is 0.300. The van der Waals surface area contributed by atoms with Gasteiger partial charge < -0.3 is 15.0 Å². The second-order valence-electron chi connectivity index (χ2n) is 6.45. The predicted molar refractivity (Wildman–Crippen MR) is 101 cm³/mol. The molecule has 2 aromatic carbocycles. The summed E-state index contributed by atoms with van der Waals surface area (Å²) in [6.07, 6.45) is -0.0533. The van der Waals surface area contributed by atoms with Gasteiger partial charge in [-0.05, 0) is 23.8 Å². The van der Waals surface area contributed by atoms with E-state index in [1.54, 1.807) is 12.1 Å². The van der Waals surface area contributed by atoms with Gasteiger partial charge in [-0.15, -0.1) is 0 Å². The number of nitrogens with one attached hydrogen (secondary N) is 1. The number of hydrogen-bond acceptors (Lipinski definition) is 3. The Hall–Kier alpha value is -2.60. The highest BCUT2D eigenvalue weighted by molar-refractivity contribution is 6.31. The molecule has 5 nitrogen and oxygen atoms in total. The molecule has 2 aromatic rings. The van der Waals surface area contributed by atoms with E-state index in [-0.39, 0.29) is 31.6 Å². The zero-order valence-electron chi connectivity index (χ0n) is 14.9. The molecule has 1 heterocycles. The number of halogens is 2. The molecule has 3 rings (SSSR count). The van der Waals surface area contributed by atoms with Crippen molar-refractivity contribution in [2.24, 2.45) is 0 Å². The molecule has 27 heavy (non-hydrogen) atoms. The molecule has 0 bridgehead atoms. The van der Waals surface area contributed by atoms with E-state index in [2.05, 4.69) is 5.32 Å². The normalized spacial score (nSPS) is 19.0. The molecule has 1 atom stereocenters. The van der Waals surface area contributed by atoms with Crippen LogP contribution in [0.1, 0.15) is 22.3 Å². The fourth-order valence-corrected chi connectivity index (χ4v) is 3.26. The third kappa shape index (κ3) is 4.22. The lowest BCUT2D eigenvalue weighted by molar-refractivity contribution is -0.132. The maximum atomic E-state index is 15.1. The van der Waals surface area contributed by atoms with Crippen LogP contribution >= 0.6 is 11.6 Å². The smallest absolute Gasteiger partial charge is 0.259 e. The molecule has 1 saturated heterocycles. The molecule has 0 spiro atoms. The van der Waals surface area contributed by atoms with Crippen molar-refractivity contribution in [2.75, 3.05) is 20.2 Å². The van der Waals surface area contributed by atoms with Gasteiger partial charge in [0.1, 0.15) is 5.75 Å². The van der Waals surface area contributed by atoms with Crippen molar-refractivity contribution in [2.45, 2.75) is 18.6 Å². The molecule has 1 aliphatic rings. The lowest BCUT2D eigenvalue weighted by atomic mass is 10.0. The van der Waals surface area contributed by atoms with E-state index in [0.29, 0.717) is 10.8 Å². The van der Waals surface area contributed by atoms with Crippen LogP contribution in [0.15, 0.2) is 48.5 Å². The average Bonchev–Trinajstić information content (AvgIpc) is 3.10. The summed E-state index contributed by atoms with van der Waals surface area (Å²) in [6, 6.07) is 13.9. The van der Waals surface area contributed by atoms with Crippen LogP contribution in [0.2, 0.25) is 5.02 Å². The van der Waals surface area contributed by atoms with Crippen LogP contribution in [0.4, 0.5) is 4.39 Å². The summed E-state index contributed by atoms with van der Waals surface area (Å²) in [5.74, 6) is -0.765. The van der Waals surface area contributed by atoms with Crippen LogP contribution in [0, 0.1) is 0 Å². The van der Waals surface area contributed by atoms with E-state index in [1.807, 2.05) is 30.3 Å². The van der Waals surface area contributed by atoms with Gasteiger partial charge in [0.25, 0.3) is 11.8 Å². The maximum absolute atomic E-state index is 15.1. The summed E-state index contributed by atoms with van der Waals surface area (Å²) >= 11 is 5.97. The number of rotatable bonds is 5. The summed E-state index contributed by atoms with van der Waals surface area (Å²) in [6.45, 7) is 0.0767. The summed E-state index contributed by atoms with van der Waals surface area (Å²) in [7, 11) is 1.44. The van der Waals surface area contributed by atoms with E-state index < -0.39 is 17.5 Å². The van der Waals surface area contributed by atoms with E-state index in [9.17, 15) is 9.59 Å². The van der Waals surface area contributed by atoms with Crippen molar-refractivity contribution in [1.82, 2.24) is 10.2 Å². The highest BCUT2D eigenvalue weighted by Gasteiger charge is 2.46. The molecular weight excluding hydrogens is 371 g/mol. The zero-order valence-corrected chi connectivity index (χ0v) is 15.6. The molecule has 0 aliphatic carbocycles. The molecule has 1 fully saturated rings. The number of carbonyl (C=O) groups is 2. The highest BCUT2D eigenvalue weighted by atomic mass is 35.5. The number of ether oxygens (including phenoxy) is 1. The first-order valence-electron chi connectivity index (χ1n) is 8.57.